The Bertz CT molecular complexity index is 320. The highest BCUT2D eigenvalue weighted by atomic mass is 32.2. The van der Waals surface area contributed by atoms with E-state index < -0.39 is 5.97 Å². The van der Waals surface area contributed by atoms with Crippen LogP contribution in [0.25, 0.3) is 0 Å². The van der Waals surface area contributed by atoms with E-state index in [9.17, 15) is 9.59 Å². The van der Waals surface area contributed by atoms with E-state index in [4.69, 9.17) is 9.84 Å². The number of carbonyl (C=O) groups excluding carboxylic acids is 1. The molecule has 2 heterocycles. The number of ether oxygens (including phenoxy) is 1. The highest BCUT2D eigenvalue weighted by molar-refractivity contribution is 7.99. The van der Waals surface area contributed by atoms with E-state index in [2.05, 4.69) is 5.32 Å². The van der Waals surface area contributed by atoms with Gasteiger partial charge in [0.05, 0.1) is 25.1 Å². The molecule has 0 aromatic heterocycles. The third kappa shape index (κ3) is 3.52. The van der Waals surface area contributed by atoms with Crippen LogP contribution < -0.4 is 5.32 Å². The van der Waals surface area contributed by atoms with E-state index in [1.165, 1.54) is 0 Å². The standard InChI is InChI=1S/C11H18N2O4S/c14-10(15)5-9-7-18-4-2-13(9)11(16)12-8-1-3-17-6-8/h8-9H,1-7H2,(H,12,16)(H,14,15). The van der Waals surface area contributed by atoms with Crippen molar-refractivity contribution in [3.05, 3.63) is 0 Å². The molecule has 0 aliphatic carbocycles. The van der Waals surface area contributed by atoms with Gasteiger partial charge < -0.3 is 20.1 Å². The Labute approximate surface area is 110 Å². The summed E-state index contributed by atoms with van der Waals surface area (Å²) < 4.78 is 5.21. The van der Waals surface area contributed by atoms with E-state index in [1.54, 1.807) is 16.7 Å². The van der Waals surface area contributed by atoms with Crippen molar-refractivity contribution < 1.29 is 19.4 Å². The van der Waals surface area contributed by atoms with E-state index in [0.29, 0.717) is 25.5 Å². The molecule has 2 aliphatic rings. The Balaban J connectivity index is 1.90. The number of aliphatic carboxylic acids is 1. The quantitative estimate of drug-likeness (QED) is 0.777. The second kappa shape index (κ2) is 6.29. The number of thioether (sulfide) groups is 1. The number of nitrogens with zero attached hydrogens (tertiary/aromatic N) is 1. The molecule has 2 amide bonds. The summed E-state index contributed by atoms with van der Waals surface area (Å²) in [6.07, 6.45) is 0.847. The molecule has 2 rings (SSSR count). The van der Waals surface area contributed by atoms with Gasteiger partial charge in [0, 0.05) is 24.7 Å². The van der Waals surface area contributed by atoms with Crippen molar-refractivity contribution in [1.29, 1.82) is 0 Å². The summed E-state index contributed by atoms with van der Waals surface area (Å²) in [5.74, 6) is 0.704. The molecule has 2 atom stereocenters. The van der Waals surface area contributed by atoms with Crippen molar-refractivity contribution in [1.82, 2.24) is 10.2 Å². The number of nitrogens with one attached hydrogen (secondary N) is 1. The number of carboxylic acid groups (broad SMARTS) is 1. The Hall–Kier alpha value is -0.950. The Morgan fingerprint density at radius 1 is 1.50 bits per heavy atom. The first-order chi connectivity index (χ1) is 8.66. The molecule has 18 heavy (non-hydrogen) atoms. The zero-order chi connectivity index (χ0) is 13.0. The van der Waals surface area contributed by atoms with Crippen LogP contribution in [0.2, 0.25) is 0 Å². The molecule has 0 radical (unpaired) electrons. The number of hydrogen-bond donors (Lipinski definition) is 2. The molecule has 0 spiro atoms. The number of urea groups is 1. The predicted molar refractivity (Wildman–Crippen MR) is 67.8 cm³/mol. The number of carbonyl (C=O) groups is 2. The van der Waals surface area contributed by atoms with Crippen molar-refractivity contribution in [2.75, 3.05) is 31.3 Å². The lowest BCUT2D eigenvalue weighted by atomic mass is 10.2. The van der Waals surface area contributed by atoms with Crippen molar-refractivity contribution in [3.63, 3.8) is 0 Å². The molecule has 2 saturated heterocycles. The van der Waals surface area contributed by atoms with Crippen LogP contribution in [-0.4, -0.2) is 65.4 Å². The summed E-state index contributed by atoms with van der Waals surface area (Å²) in [5, 5.41) is 11.8. The van der Waals surface area contributed by atoms with Crippen molar-refractivity contribution in [3.8, 4) is 0 Å². The van der Waals surface area contributed by atoms with Gasteiger partial charge in [-0.1, -0.05) is 0 Å². The summed E-state index contributed by atoms with van der Waals surface area (Å²) in [4.78, 5) is 24.6. The minimum atomic E-state index is -0.857. The molecule has 0 aromatic carbocycles. The highest BCUT2D eigenvalue weighted by Crippen LogP contribution is 2.19. The van der Waals surface area contributed by atoms with Crippen LogP contribution in [0.5, 0.6) is 0 Å². The first-order valence-corrected chi connectivity index (χ1v) is 7.26. The van der Waals surface area contributed by atoms with Gasteiger partial charge in [-0.2, -0.15) is 11.8 Å². The van der Waals surface area contributed by atoms with E-state index in [-0.39, 0.29) is 24.5 Å². The molecule has 102 valence electrons. The van der Waals surface area contributed by atoms with Gasteiger partial charge in [0.1, 0.15) is 0 Å². The van der Waals surface area contributed by atoms with Crippen LogP contribution in [0.15, 0.2) is 0 Å². The number of rotatable bonds is 3. The smallest absolute Gasteiger partial charge is 0.318 e. The van der Waals surface area contributed by atoms with Crippen LogP contribution in [0.4, 0.5) is 4.79 Å². The molecule has 2 unspecified atom stereocenters. The third-order valence-corrected chi connectivity index (χ3v) is 4.25. The fraction of sp³-hybridized carbons (Fsp3) is 0.818. The Morgan fingerprint density at radius 2 is 2.33 bits per heavy atom. The largest absolute Gasteiger partial charge is 0.481 e. The third-order valence-electron chi connectivity index (χ3n) is 3.16. The molecule has 2 aliphatic heterocycles. The lowest BCUT2D eigenvalue weighted by Crippen LogP contribution is -2.53. The molecule has 2 fully saturated rings. The van der Waals surface area contributed by atoms with Crippen LogP contribution in [0.1, 0.15) is 12.8 Å². The van der Waals surface area contributed by atoms with Crippen molar-refractivity contribution in [2.24, 2.45) is 0 Å². The van der Waals surface area contributed by atoms with E-state index >= 15 is 0 Å². The number of carboxylic acids is 1. The summed E-state index contributed by atoms with van der Waals surface area (Å²) in [6, 6.07) is -0.293. The first kappa shape index (κ1) is 13.5. The van der Waals surface area contributed by atoms with Gasteiger partial charge in [0.2, 0.25) is 0 Å². The fourth-order valence-corrected chi connectivity index (χ4v) is 3.26. The zero-order valence-corrected chi connectivity index (χ0v) is 10.9. The number of amides is 2. The van der Waals surface area contributed by atoms with Crippen LogP contribution in [-0.2, 0) is 9.53 Å². The maximum absolute atomic E-state index is 12.1. The Morgan fingerprint density at radius 3 is 3.00 bits per heavy atom. The SMILES string of the molecule is O=C(O)CC1CSCCN1C(=O)NC1CCOC1. The van der Waals surface area contributed by atoms with E-state index in [1.807, 2.05) is 0 Å². The van der Waals surface area contributed by atoms with E-state index in [0.717, 1.165) is 12.2 Å². The van der Waals surface area contributed by atoms with Gasteiger partial charge in [-0.15, -0.1) is 0 Å². The molecule has 7 heteroatoms. The monoisotopic (exact) mass is 274 g/mol. The van der Waals surface area contributed by atoms with Crippen molar-refractivity contribution >= 4 is 23.8 Å². The van der Waals surface area contributed by atoms with Crippen molar-refractivity contribution in [2.45, 2.75) is 24.9 Å². The van der Waals surface area contributed by atoms with Gasteiger partial charge >= 0.3 is 12.0 Å². The van der Waals surface area contributed by atoms with Gasteiger partial charge in [0.25, 0.3) is 0 Å². The summed E-state index contributed by atoms with van der Waals surface area (Å²) in [5.41, 5.74) is 0. The molecule has 6 nitrogen and oxygen atoms in total. The number of hydrogen-bond acceptors (Lipinski definition) is 4. The summed E-state index contributed by atoms with van der Waals surface area (Å²) >= 11 is 1.70. The van der Waals surface area contributed by atoms with Crippen LogP contribution in [0, 0.1) is 0 Å². The zero-order valence-electron chi connectivity index (χ0n) is 10.1. The first-order valence-electron chi connectivity index (χ1n) is 6.11. The maximum atomic E-state index is 12.1. The van der Waals surface area contributed by atoms with Gasteiger partial charge in [0.15, 0.2) is 0 Å². The molecule has 0 saturated carbocycles. The molecule has 2 N–H and O–H groups in total. The normalized spacial score (nSPS) is 28.1. The predicted octanol–water partition coefficient (Wildman–Crippen LogP) is 0.377. The van der Waals surface area contributed by atoms with Gasteiger partial charge in [-0.25, -0.2) is 4.79 Å². The minimum absolute atomic E-state index is 0.0155. The second-order valence-corrected chi connectivity index (χ2v) is 5.68. The second-order valence-electron chi connectivity index (χ2n) is 4.53. The van der Waals surface area contributed by atoms with Gasteiger partial charge in [-0.3, -0.25) is 4.79 Å². The van der Waals surface area contributed by atoms with Gasteiger partial charge in [-0.05, 0) is 6.42 Å². The average molecular weight is 274 g/mol. The summed E-state index contributed by atoms with van der Waals surface area (Å²) in [6.45, 7) is 1.85. The molecule has 0 bridgehead atoms. The lowest BCUT2D eigenvalue weighted by Gasteiger charge is -2.35. The highest BCUT2D eigenvalue weighted by Gasteiger charge is 2.30. The Kier molecular flexibility index (Phi) is 4.71. The van der Waals surface area contributed by atoms with Crippen LogP contribution >= 0.6 is 11.8 Å². The maximum Gasteiger partial charge on any atom is 0.318 e. The topological polar surface area (TPSA) is 78.9 Å². The average Bonchev–Trinajstić information content (AvgIpc) is 2.81. The molecular formula is C11H18N2O4S. The minimum Gasteiger partial charge on any atom is -0.481 e. The summed E-state index contributed by atoms with van der Waals surface area (Å²) in [7, 11) is 0. The van der Waals surface area contributed by atoms with Crippen LogP contribution in [0.3, 0.4) is 0 Å². The lowest BCUT2D eigenvalue weighted by molar-refractivity contribution is -0.138. The fourth-order valence-electron chi connectivity index (χ4n) is 2.20. The molecular weight excluding hydrogens is 256 g/mol. The molecule has 0 aromatic rings.